The second-order valence-corrected chi connectivity index (χ2v) is 5.98. The number of hydrogen-bond donors (Lipinski definition) is 0. The third kappa shape index (κ3) is 2.23. The van der Waals surface area contributed by atoms with Crippen molar-refractivity contribution in [2.24, 2.45) is 0 Å². The van der Waals surface area contributed by atoms with Crippen LogP contribution in [0.2, 0.25) is 0 Å². The minimum atomic E-state index is -3.74. The van der Waals surface area contributed by atoms with E-state index in [1.165, 1.54) is 4.31 Å². The average molecular weight is 272 g/mol. The molecule has 0 atom stereocenters. The quantitative estimate of drug-likeness (QED) is 0.774. The summed E-state index contributed by atoms with van der Waals surface area (Å²) in [6.45, 7) is 0.806. The number of benzene rings is 1. The van der Waals surface area contributed by atoms with Gasteiger partial charge in [0, 0.05) is 18.7 Å². The Morgan fingerprint density at radius 3 is 2.44 bits per heavy atom. The zero-order valence-electron chi connectivity index (χ0n) is 9.43. The second kappa shape index (κ2) is 4.66. The highest BCUT2D eigenvalue weighted by Crippen LogP contribution is 2.22. The molecule has 0 amide bonds. The topological polar surface area (TPSA) is 77.5 Å². The molecule has 0 N–H and O–H groups in total. The van der Waals surface area contributed by atoms with Crippen LogP contribution in [0.5, 0.6) is 0 Å². The maximum atomic E-state index is 13.2. The van der Waals surface area contributed by atoms with Crippen molar-refractivity contribution in [3.05, 3.63) is 29.6 Å². The van der Waals surface area contributed by atoms with Crippen LogP contribution < -0.4 is 5.11 Å². The van der Waals surface area contributed by atoms with Crippen LogP contribution >= 0.6 is 0 Å². The standard InChI is InChI=1S/C11H12FNO4S/c12-10-4-3-8(7-9(10)11(14)15)18(16,17)13-5-1-2-6-13/h3-4,7H,1-2,5-6H2,(H,14,15)/p-1. The lowest BCUT2D eigenvalue weighted by Gasteiger charge is -2.16. The molecule has 0 unspecified atom stereocenters. The molecule has 18 heavy (non-hydrogen) atoms. The molecule has 7 heteroatoms. The van der Waals surface area contributed by atoms with Crippen LogP contribution in [0.25, 0.3) is 0 Å². The van der Waals surface area contributed by atoms with Crippen molar-refractivity contribution in [2.75, 3.05) is 13.1 Å². The van der Waals surface area contributed by atoms with Gasteiger partial charge in [-0.05, 0) is 31.0 Å². The van der Waals surface area contributed by atoms with Crippen LogP contribution in [0, 0.1) is 5.82 Å². The summed E-state index contributed by atoms with van der Waals surface area (Å²) in [6.07, 6.45) is 1.54. The predicted molar refractivity (Wildman–Crippen MR) is 58.7 cm³/mol. The lowest BCUT2D eigenvalue weighted by atomic mass is 10.2. The Bertz CT molecular complexity index is 579. The van der Waals surface area contributed by atoms with Gasteiger partial charge in [0.25, 0.3) is 0 Å². The highest BCUT2D eigenvalue weighted by Gasteiger charge is 2.27. The number of aromatic carboxylic acids is 1. The Morgan fingerprint density at radius 2 is 1.89 bits per heavy atom. The van der Waals surface area contributed by atoms with Crippen LogP contribution in [-0.2, 0) is 10.0 Å². The fourth-order valence-electron chi connectivity index (χ4n) is 1.90. The Hall–Kier alpha value is -1.47. The second-order valence-electron chi connectivity index (χ2n) is 4.04. The van der Waals surface area contributed by atoms with Crippen LogP contribution in [0.3, 0.4) is 0 Å². The summed E-state index contributed by atoms with van der Waals surface area (Å²) >= 11 is 0. The lowest BCUT2D eigenvalue weighted by Crippen LogP contribution is -2.29. The third-order valence-electron chi connectivity index (χ3n) is 2.86. The molecule has 98 valence electrons. The summed E-state index contributed by atoms with van der Waals surface area (Å²) < 4.78 is 38.6. The number of halogens is 1. The van der Waals surface area contributed by atoms with E-state index >= 15 is 0 Å². The molecule has 0 spiro atoms. The largest absolute Gasteiger partial charge is 0.545 e. The van der Waals surface area contributed by atoms with E-state index < -0.39 is 27.4 Å². The summed E-state index contributed by atoms with van der Waals surface area (Å²) in [5, 5.41) is 10.7. The molecule has 2 rings (SSSR count). The molecule has 0 radical (unpaired) electrons. The number of carbonyl (C=O) groups is 1. The van der Waals surface area contributed by atoms with Crippen LogP contribution in [0.1, 0.15) is 23.2 Å². The minimum absolute atomic E-state index is 0.218. The van der Waals surface area contributed by atoms with Gasteiger partial charge in [0.05, 0.1) is 10.9 Å². The van der Waals surface area contributed by atoms with Crippen molar-refractivity contribution in [3.8, 4) is 0 Å². The van der Waals surface area contributed by atoms with Crippen molar-refractivity contribution in [1.29, 1.82) is 0 Å². The summed E-state index contributed by atoms with van der Waals surface area (Å²) in [6, 6.07) is 2.70. The molecule has 0 aliphatic carbocycles. The van der Waals surface area contributed by atoms with E-state index in [0.717, 1.165) is 31.0 Å². The van der Waals surface area contributed by atoms with E-state index in [9.17, 15) is 22.7 Å². The minimum Gasteiger partial charge on any atom is -0.545 e. The van der Waals surface area contributed by atoms with Gasteiger partial charge in [0.1, 0.15) is 5.82 Å². The first kappa shape index (κ1) is 13.0. The average Bonchev–Trinajstić information content (AvgIpc) is 2.82. The monoisotopic (exact) mass is 272 g/mol. The number of hydrogen-bond acceptors (Lipinski definition) is 4. The normalized spacial score (nSPS) is 16.9. The van der Waals surface area contributed by atoms with Gasteiger partial charge in [-0.15, -0.1) is 0 Å². The van der Waals surface area contributed by atoms with E-state index in [0.29, 0.717) is 13.1 Å². The number of carboxylic acids is 1. The van der Waals surface area contributed by atoms with Gasteiger partial charge >= 0.3 is 0 Å². The highest BCUT2D eigenvalue weighted by atomic mass is 32.2. The number of rotatable bonds is 3. The molecule has 5 nitrogen and oxygen atoms in total. The lowest BCUT2D eigenvalue weighted by molar-refractivity contribution is -0.255. The van der Waals surface area contributed by atoms with Crippen LogP contribution in [-0.4, -0.2) is 31.8 Å². The van der Waals surface area contributed by atoms with Gasteiger partial charge in [-0.2, -0.15) is 4.31 Å². The van der Waals surface area contributed by atoms with Crippen molar-refractivity contribution in [2.45, 2.75) is 17.7 Å². The Kier molecular flexibility index (Phi) is 3.36. The number of carboxylic acid groups (broad SMARTS) is 1. The van der Waals surface area contributed by atoms with Gasteiger partial charge in [0.15, 0.2) is 0 Å². The van der Waals surface area contributed by atoms with Gasteiger partial charge < -0.3 is 9.90 Å². The van der Waals surface area contributed by atoms with E-state index in [4.69, 9.17) is 0 Å². The summed E-state index contributed by atoms with van der Waals surface area (Å²) in [5.41, 5.74) is -0.740. The van der Waals surface area contributed by atoms with E-state index in [1.807, 2.05) is 0 Å². The number of carbonyl (C=O) groups excluding carboxylic acids is 1. The SMILES string of the molecule is O=C([O-])c1cc(S(=O)(=O)N2CCCC2)ccc1F. The molecule has 1 fully saturated rings. The van der Waals surface area contributed by atoms with Gasteiger partial charge in [-0.25, -0.2) is 12.8 Å². The molecular formula is C11H11FNO4S-. The molecule has 1 aromatic rings. The molecule has 1 heterocycles. The highest BCUT2D eigenvalue weighted by molar-refractivity contribution is 7.89. The predicted octanol–water partition coefficient (Wildman–Crippen LogP) is -0.0263. The Morgan fingerprint density at radius 1 is 1.28 bits per heavy atom. The van der Waals surface area contributed by atoms with Crippen molar-refractivity contribution in [3.63, 3.8) is 0 Å². The zero-order chi connectivity index (χ0) is 13.3. The summed E-state index contributed by atoms with van der Waals surface area (Å²) in [4.78, 5) is 10.4. The first-order valence-electron chi connectivity index (χ1n) is 5.44. The van der Waals surface area contributed by atoms with Gasteiger partial charge in [-0.3, -0.25) is 0 Å². The number of sulfonamides is 1. The summed E-state index contributed by atoms with van der Waals surface area (Å²) in [5.74, 6) is -2.73. The van der Waals surface area contributed by atoms with E-state index in [-0.39, 0.29) is 4.90 Å². The fourth-order valence-corrected chi connectivity index (χ4v) is 3.44. The van der Waals surface area contributed by atoms with Crippen LogP contribution in [0.4, 0.5) is 4.39 Å². The molecule has 1 aromatic carbocycles. The van der Waals surface area contributed by atoms with Crippen molar-refractivity contribution >= 4 is 16.0 Å². The molecule has 1 saturated heterocycles. The molecule has 0 aromatic heterocycles. The van der Waals surface area contributed by atoms with E-state index in [2.05, 4.69) is 0 Å². The molecule has 0 bridgehead atoms. The van der Waals surface area contributed by atoms with Crippen molar-refractivity contribution in [1.82, 2.24) is 4.31 Å². The molecule has 1 aliphatic heterocycles. The van der Waals surface area contributed by atoms with Crippen molar-refractivity contribution < 1.29 is 22.7 Å². The molecule has 1 aliphatic rings. The molecule has 0 saturated carbocycles. The Labute approximate surface area is 104 Å². The van der Waals surface area contributed by atoms with Gasteiger partial charge in [-0.1, -0.05) is 0 Å². The first-order valence-corrected chi connectivity index (χ1v) is 6.88. The van der Waals surface area contributed by atoms with Crippen LogP contribution in [0.15, 0.2) is 23.1 Å². The Balaban J connectivity index is 2.45. The maximum Gasteiger partial charge on any atom is 0.243 e. The fraction of sp³-hybridized carbons (Fsp3) is 0.364. The zero-order valence-corrected chi connectivity index (χ0v) is 10.2. The maximum absolute atomic E-state index is 13.2. The third-order valence-corrected chi connectivity index (χ3v) is 4.76. The smallest absolute Gasteiger partial charge is 0.243 e. The van der Waals surface area contributed by atoms with E-state index in [1.54, 1.807) is 0 Å². The number of nitrogens with zero attached hydrogens (tertiary/aromatic N) is 1. The molecular weight excluding hydrogens is 261 g/mol. The first-order chi connectivity index (χ1) is 8.43. The van der Waals surface area contributed by atoms with Gasteiger partial charge in [0.2, 0.25) is 10.0 Å². The summed E-state index contributed by atoms with van der Waals surface area (Å²) in [7, 11) is -3.74.